The quantitative estimate of drug-likeness (QED) is 0.644. The van der Waals surface area contributed by atoms with Crippen LogP contribution in [0.25, 0.3) is 0 Å². The molecule has 4 N–H and O–H groups in total. The van der Waals surface area contributed by atoms with Gasteiger partial charge in [-0.1, -0.05) is 6.07 Å². The highest BCUT2D eigenvalue weighted by molar-refractivity contribution is 5.95. The van der Waals surface area contributed by atoms with E-state index < -0.39 is 6.10 Å². The molecule has 8 heteroatoms. The number of urea groups is 2. The average Bonchev–Trinajstić information content (AvgIpc) is 2.89. The van der Waals surface area contributed by atoms with E-state index in [0.29, 0.717) is 31.7 Å². The third kappa shape index (κ3) is 3.60. The summed E-state index contributed by atoms with van der Waals surface area (Å²) < 4.78 is 0. The summed E-state index contributed by atoms with van der Waals surface area (Å²) in [6.45, 7) is 2.61. The lowest BCUT2D eigenvalue weighted by Crippen LogP contribution is -2.54. The number of hydrogen-bond acceptors (Lipinski definition) is 4. The zero-order chi connectivity index (χ0) is 17.1. The van der Waals surface area contributed by atoms with Crippen molar-refractivity contribution in [3.63, 3.8) is 0 Å². The Morgan fingerprint density at radius 1 is 1.38 bits per heavy atom. The van der Waals surface area contributed by atoms with Crippen molar-refractivity contribution in [3.05, 3.63) is 24.3 Å². The predicted octanol–water partition coefficient (Wildman–Crippen LogP) is 0.403. The lowest BCUT2D eigenvalue weighted by atomic mass is 10.0. The number of hydrogen-bond donors (Lipinski definition) is 4. The standard InChI is InChI=1S/C16H23N5O3/c1-20-7-8-21(16(20)24)12-4-2-3-11(9-12)18-15(23)19-13-10-17-6-5-14(13)22/h2-4,9,13-14,17,22H,5-8,10H2,1H3,(H2,18,19,23). The van der Waals surface area contributed by atoms with E-state index in [9.17, 15) is 14.7 Å². The molecule has 2 saturated heterocycles. The zero-order valence-electron chi connectivity index (χ0n) is 13.7. The van der Waals surface area contributed by atoms with Gasteiger partial charge in [0.1, 0.15) is 0 Å². The minimum absolute atomic E-state index is 0.0481. The van der Waals surface area contributed by atoms with Gasteiger partial charge in [0.15, 0.2) is 0 Å². The first-order valence-corrected chi connectivity index (χ1v) is 8.13. The van der Waals surface area contributed by atoms with E-state index in [1.165, 1.54) is 0 Å². The van der Waals surface area contributed by atoms with Gasteiger partial charge in [0.2, 0.25) is 0 Å². The number of rotatable bonds is 3. The molecule has 1 aromatic rings. The molecule has 0 radical (unpaired) electrons. The van der Waals surface area contributed by atoms with Gasteiger partial charge in [-0.15, -0.1) is 0 Å². The molecule has 1 aromatic carbocycles. The molecule has 8 nitrogen and oxygen atoms in total. The van der Waals surface area contributed by atoms with Gasteiger partial charge in [0, 0.05) is 38.1 Å². The summed E-state index contributed by atoms with van der Waals surface area (Å²) in [6.07, 6.45) is 0.0754. The smallest absolute Gasteiger partial charge is 0.324 e. The molecule has 24 heavy (non-hydrogen) atoms. The highest BCUT2D eigenvalue weighted by Gasteiger charge is 2.27. The van der Waals surface area contributed by atoms with Crippen LogP contribution in [0.4, 0.5) is 21.0 Å². The van der Waals surface area contributed by atoms with Crippen molar-refractivity contribution in [2.24, 2.45) is 0 Å². The van der Waals surface area contributed by atoms with Gasteiger partial charge in [-0.25, -0.2) is 9.59 Å². The maximum atomic E-state index is 12.1. The van der Waals surface area contributed by atoms with Crippen molar-refractivity contribution in [2.45, 2.75) is 18.6 Å². The van der Waals surface area contributed by atoms with Gasteiger partial charge < -0.3 is 26.0 Å². The number of aliphatic hydroxyl groups excluding tert-OH is 1. The molecule has 2 fully saturated rings. The Morgan fingerprint density at radius 2 is 2.21 bits per heavy atom. The van der Waals surface area contributed by atoms with E-state index in [0.717, 1.165) is 12.2 Å². The van der Waals surface area contributed by atoms with Crippen molar-refractivity contribution >= 4 is 23.4 Å². The third-order valence-corrected chi connectivity index (χ3v) is 4.39. The molecule has 2 atom stereocenters. The number of carbonyl (C=O) groups is 2. The number of nitrogens with zero attached hydrogens (tertiary/aromatic N) is 2. The first kappa shape index (κ1) is 16.5. The van der Waals surface area contributed by atoms with E-state index in [1.54, 1.807) is 35.0 Å². The summed E-state index contributed by atoms with van der Waals surface area (Å²) in [5.41, 5.74) is 1.35. The molecule has 0 spiro atoms. The lowest BCUT2D eigenvalue weighted by molar-refractivity contribution is 0.103. The highest BCUT2D eigenvalue weighted by Crippen LogP contribution is 2.23. The van der Waals surface area contributed by atoms with Crippen molar-refractivity contribution in [2.75, 3.05) is 43.4 Å². The summed E-state index contributed by atoms with van der Waals surface area (Å²) in [5.74, 6) is 0. The second-order valence-electron chi connectivity index (χ2n) is 6.17. The van der Waals surface area contributed by atoms with Crippen LogP contribution in [0.15, 0.2) is 24.3 Å². The Kier molecular flexibility index (Phi) is 4.86. The van der Waals surface area contributed by atoms with Crippen LogP contribution in [-0.4, -0.2) is 67.4 Å². The average molecular weight is 333 g/mol. The van der Waals surface area contributed by atoms with Crippen molar-refractivity contribution < 1.29 is 14.7 Å². The molecule has 130 valence electrons. The Bertz CT molecular complexity index is 623. The summed E-state index contributed by atoms with van der Waals surface area (Å²) in [7, 11) is 1.77. The fraction of sp³-hybridized carbons (Fsp3) is 0.500. The number of nitrogens with one attached hydrogen (secondary N) is 3. The second-order valence-corrected chi connectivity index (χ2v) is 6.17. The summed E-state index contributed by atoms with van der Waals surface area (Å²) >= 11 is 0. The van der Waals surface area contributed by atoms with Crippen LogP contribution in [0.1, 0.15) is 6.42 Å². The number of carbonyl (C=O) groups excluding carboxylic acids is 2. The molecule has 2 heterocycles. The fourth-order valence-electron chi connectivity index (χ4n) is 2.97. The Hall–Kier alpha value is -2.32. The van der Waals surface area contributed by atoms with Gasteiger partial charge in [-0.05, 0) is 31.2 Å². The maximum absolute atomic E-state index is 12.1. The summed E-state index contributed by atoms with van der Waals surface area (Å²) in [4.78, 5) is 27.5. The van der Waals surface area contributed by atoms with Gasteiger partial charge in [-0.3, -0.25) is 4.90 Å². The van der Waals surface area contributed by atoms with Crippen LogP contribution >= 0.6 is 0 Å². The van der Waals surface area contributed by atoms with E-state index in [2.05, 4.69) is 16.0 Å². The Morgan fingerprint density at radius 3 is 2.92 bits per heavy atom. The van der Waals surface area contributed by atoms with Crippen molar-refractivity contribution in [1.29, 1.82) is 0 Å². The van der Waals surface area contributed by atoms with Crippen LogP contribution in [0.5, 0.6) is 0 Å². The van der Waals surface area contributed by atoms with Gasteiger partial charge >= 0.3 is 12.1 Å². The zero-order valence-corrected chi connectivity index (χ0v) is 13.7. The fourth-order valence-corrected chi connectivity index (χ4v) is 2.97. The van der Waals surface area contributed by atoms with Crippen LogP contribution in [0.2, 0.25) is 0 Å². The molecule has 2 aliphatic heterocycles. The second kappa shape index (κ2) is 7.06. The Labute approximate surface area is 140 Å². The number of aliphatic hydroxyl groups is 1. The first-order chi connectivity index (χ1) is 11.5. The van der Waals surface area contributed by atoms with Crippen molar-refractivity contribution in [3.8, 4) is 0 Å². The number of benzene rings is 1. The van der Waals surface area contributed by atoms with E-state index in [-0.39, 0.29) is 18.1 Å². The van der Waals surface area contributed by atoms with Crippen LogP contribution in [-0.2, 0) is 0 Å². The number of anilines is 2. The van der Waals surface area contributed by atoms with Crippen LogP contribution < -0.4 is 20.9 Å². The first-order valence-electron chi connectivity index (χ1n) is 8.13. The third-order valence-electron chi connectivity index (χ3n) is 4.39. The number of piperidine rings is 1. The molecule has 0 aliphatic carbocycles. The molecular formula is C16H23N5O3. The van der Waals surface area contributed by atoms with Crippen LogP contribution in [0.3, 0.4) is 0 Å². The SMILES string of the molecule is CN1CCN(c2cccc(NC(=O)NC3CNCCC3O)c2)C1=O. The van der Waals surface area contributed by atoms with E-state index >= 15 is 0 Å². The molecule has 0 aromatic heterocycles. The molecule has 0 bridgehead atoms. The molecule has 2 aliphatic rings. The molecule has 3 rings (SSSR count). The number of amides is 4. The maximum Gasteiger partial charge on any atom is 0.324 e. The summed E-state index contributed by atoms with van der Waals surface area (Å²) in [5, 5.41) is 18.6. The largest absolute Gasteiger partial charge is 0.391 e. The topological polar surface area (TPSA) is 96.9 Å². The molecule has 2 unspecified atom stereocenters. The molecule has 0 saturated carbocycles. The molecular weight excluding hydrogens is 310 g/mol. The van der Waals surface area contributed by atoms with E-state index in [1.807, 2.05) is 6.07 Å². The highest BCUT2D eigenvalue weighted by atomic mass is 16.3. The van der Waals surface area contributed by atoms with Crippen molar-refractivity contribution in [1.82, 2.24) is 15.5 Å². The van der Waals surface area contributed by atoms with Gasteiger partial charge in [-0.2, -0.15) is 0 Å². The van der Waals surface area contributed by atoms with E-state index in [4.69, 9.17) is 0 Å². The number of likely N-dealkylation sites (N-methyl/N-ethyl adjacent to an activating group) is 1. The lowest BCUT2D eigenvalue weighted by Gasteiger charge is -2.29. The minimum Gasteiger partial charge on any atom is -0.391 e. The van der Waals surface area contributed by atoms with Gasteiger partial charge in [0.25, 0.3) is 0 Å². The summed E-state index contributed by atoms with van der Waals surface area (Å²) in [6, 6.07) is 6.45. The normalized spacial score (nSPS) is 24.2. The monoisotopic (exact) mass is 333 g/mol. The van der Waals surface area contributed by atoms with Gasteiger partial charge in [0.05, 0.1) is 12.1 Å². The Balaban J connectivity index is 1.62. The molecule has 4 amide bonds. The minimum atomic E-state index is -0.541. The predicted molar refractivity (Wildman–Crippen MR) is 91.2 cm³/mol. The van der Waals surface area contributed by atoms with Crippen LogP contribution in [0, 0.1) is 0 Å².